The molecular formula is C15H11F2N5O. The standard InChI is InChI=1S/C15H11F2N5O/c1-7-10(6-18-22(7)14(16)17)8-2-3-11-9(4-8)5-12-13(19-11)21-15(23)20-12/h2-6,14H,1H3,(H2,19,20,21,23)/i1D3. The molecule has 0 radical (unpaired) electrons. The molecule has 4 aromatic rings. The normalized spacial score (nSPS) is 14.3. The molecule has 0 spiro atoms. The minimum absolute atomic E-state index is 0.0925. The van der Waals surface area contributed by atoms with Crippen LogP contribution >= 0.6 is 0 Å². The van der Waals surface area contributed by atoms with Crippen molar-refractivity contribution in [3.05, 3.63) is 46.6 Å². The fraction of sp³-hybridized carbons (Fsp3) is 0.133. The molecule has 23 heavy (non-hydrogen) atoms. The van der Waals surface area contributed by atoms with Gasteiger partial charge in [-0.3, -0.25) is 4.98 Å². The summed E-state index contributed by atoms with van der Waals surface area (Å²) in [6, 6.07) is 6.49. The quantitative estimate of drug-likeness (QED) is 0.596. The summed E-state index contributed by atoms with van der Waals surface area (Å²) in [5.74, 6) is 0. The maximum Gasteiger partial charge on any atom is 0.333 e. The van der Waals surface area contributed by atoms with Crippen molar-refractivity contribution in [2.45, 2.75) is 13.4 Å². The number of nitrogens with zero attached hydrogens (tertiary/aromatic N) is 3. The molecule has 0 amide bonds. The molecule has 1 aromatic carbocycles. The zero-order chi connectivity index (χ0) is 18.6. The van der Waals surface area contributed by atoms with Crippen molar-refractivity contribution in [2.24, 2.45) is 0 Å². The number of hydrogen-bond donors (Lipinski definition) is 2. The predicted octanol–water partition coefficient (Wildman–Crippen LogP) is 2.97. The minimum atomic E-state index is -3.06. The van der Waals surface area contributed by atoms with Crippen LogP contribution in [0.3, 0.4) is 0 Å². The summed E-state index contributed by atoms with van der Waals surface area (Å²) in [4.78, 5) is 20.8. The number of aromatic nitrogens is 5. The molecule has 8 heteroatoms. The van der Waals surface area contributed by atoms with Crippen molar-refractivity contribution in [1.29, 1.82) is 0 Å². The Morgan fingerprint density at radius 2 is 2.17 bits per heavy atom. The second-order valence-electron chi connectivity index (χ2n) is 5.00. The van der Waals surface area contributed by atoms with E-state index in [-0.39, 0.29) is 10.2 Å². The van der Waals surface area contributed by atoms with Crippen LogP contribution in [0.15, 0.2) is 35.3 Å². The van der Waals surface area contributed by atoms with Crippen molar-refractivity contribution < 1.29 is 12.9 Å². The second kappa shape index (κ2) is 4.73. The Kier molecular flexibility index (Phi) is 2.19. The van der Waals surface area contributed by atoms with E-state index in [4.69, 9.17) is 4.11 Å². The number of fused-ring (bicyclic) bond motifs is 2. The fourth-order valence-electron chi connectivity index (χ4n) is 2.52. The van der Waals surface area contributed by atoms with Crippen LogP contribution < -0.4 is 5.69 Å². The first-order valence-electron chi connectivity index (χ1n) is 8.13. The second-order valence-corrected chi connectivity index (χ2v) is 5.00. The third-order valence-electron chi connectivity index (χ3n) is 3.59. The Morgan fingerprint density at radius 3 is 2.96 bits per heavy atom. The summed E-state index contributed by atoms with van der Waals surface area (Å²) >= 11 is 0. The van der Waals surface area contributed by atoms with E-state index in [1.807, 2.05) is 0 Å². The molecule has 2 N–H and O–H groups in total. The van der Waals surface area contributed by atoms with Gasteiger partial charge < -0.3 is 4.98 Å². The van der Waals surface area contributed by atoms with Crippen LogP contribution in [0, 0.1) is 6.85 Å². The number of halogens is 2. The number of benzene rings is 1. The van der Waals surface area contributed by atoms with Gasteiger partial charge in [0.1, 0.15) is 0 Å². The number of imidazole rings is 1. The summed E-state index contributed by atoms with van der Waals surface area (Å²) in [5.41, 5.74) is 1.02. The number of aromatic amines is 2. The van der Waals surface area contributed by atoms with E-state index < -0.39 is 24.8 Å². The lowest BCUT2D eigenvalue weighted by Crippen LogP contribution is -2.02. The highest BCUT2D eigenvalue weighted by atomic mass is 19.3. The van der Waals surface area contributed by atoms with Gasteiger partial charge >= 0.3 is 12.2 Å². The molecule has 0 bridgehead atoms. The molecule has 0 fully saturated rings. The third kappa shape index (κ3) is 2.10. The van der Waals surface area contributed by atoms with Gasteiger partial charge in [-0.25, -0.2) is 14.5 Å². The van der Waals surface area contributed by atoms with Crippen LogP contribution in [0.5, 0.6) is 0 Å². The van der Waals surface area contributed by atoms with Gasteiger partial charge in [-0.05, 0) is 30.6 Å². The molecule has 3 heterocycles. The van der Waals surface area contributed by atoms with Gasteiger partial charge in [0.15, 0.2) is 5.65 Å². The van der Waals surface area contributed by atoms with Crippen molar-refractivity contribution in [1.82, 2.24) is 24.7 Å². The van der Waals surface area contributed by atoms with E-state index in [0.29, 0.717) is 27.6 Å². The van der Waals surface area contributed by atoms with E-state index in [2.05, 4.69) is 20.1 Å². The summed E-state index contributed by atoms with van der Waals surface area (Å²) < 4.78 is 49.2. The van der Waals surface area contributed by atoms with Gasteiger partial charge in [0, 0.05) is 20.8 Å². The molecule has 116 valence electrons. The average Bonchev–Trinajstić information content (AvgIpc) is 3.14. The molecule has 0 aliphatic carbocycles. The largest absolute Gasteiger partial charge is 0.333 e. The summed E-state index contributed by atoms with van der Waals surface area (Å²) in [6.45, 7) is -5.82. The number of hydrogen-bond acceptors (Lipinski definition) is 3. The number of nitrogens with one attached hydrogen (secondary N) is 2. The fourth-order valence-corrected chi connectivity index (χ4v) is 2.52. The molecule has 0 saturated heterocycles. The Morgan fingerprint density at radius 1 is 1.30 bits per heavy atom. The zero-order valence-electron chi connectivity index (χ0n) is 14.5. The highest BCUT2D eigenvalue weighted by Crippen LogP contribution is 2.28. The van der Waals surface area contributed by atoms with E-state index in [0.717, 1.165) is 6.20 Å². The van der Waals surface area contributed by atoms with E-state index in [9.17, 15) is 13.6 Å². The highest BCUT2D eigenvalue weighted by molar-refractivity contribution is 5.92. The monoisotopic (exact) mass is 318 g/mol. The smallest absolute Gasteiger partial charge is 0.304 e. The first-order chi connectivity index (χ1) is 12.2. The number of alkyl halides is 2. The van der Waals surface area contributed by atoms with Crippen LogP contribution in [-0.4, -0.2) is 24.7 Å². The van der Waals surface area contributed by atoms with Gasteiger partial charge in [-0.1, -0.05) is 6.07 Å². The first-order valence-corrected chi connectivity index (χ1v) is 6.63. The summed E-state index contributed by atoms with van der Waals surface area (Å²) in [7, 11) is 0. The summed E-state index contributed by atoms with van der Waals surface area (Å²) in [6.07, 6.45) is 1.11. The zero-order valence-corrected chi connectivity index (χ0v) is 11.5. The van der Waals surface area contributed by atoms with Gasteiger partial charge in [0.2, 0.25) is 0 Å². The summed E-state index contributed by atoms with van der Waals surface area (Å²) in [5, 5.41) is 4.15. The molecule has 0 unspecified atom stereocenters. The first kappa shape index (κ1) is 10.7. The van der Waals surface area contributed by atoms with Gasteiger partial charge in [-0.2, -0.15) is 13.9 Å². The van der Waals surface area contributed by atoms with Crippen molar-refractivity contribution in [2.75, 3.05) is 0 Å². The average molecular weight is 318 g/mol. The third-order valence-corrected chi connectivity index (χ3v) is 3.59. The molecule has 6 nitrogen and oxygen atoms in total. The van der Waals surface area contributed by atoms with Crippen LogP contribution in [-0.2, 0) is 0 Å². The maximum atomic E-state index is 13.1. The molecule has 0 aliphatic rings. The molecule has 3 aromatic heterocycles. The molecule has 4 rings (SSSR count). The lowest BCUT2D eigenvalue weighted by atomic mass is 10.0. The Balaban J connectivity index is 1.94. The van der Waals surface area contributed by atoms with Gasteiger partial charge in [0.25, 0.3) is 0 Å². The number of pyridine rings is 1. The lowest BCUT2D eigenvalue weighted by molar-refractivity contribution is 0.0545. The predicted molar refractivity (Wildman–Crippen MR) is 81.4 cm³/mol. The SMILES string of the molecule is [2H]C([2H])([2H])c1c(-c2ccc3nc4[nH]c(=O)[nH]c4cc3c2)cnn1C(F)F. The van der Waals surface area contributed by atoms with Crippen LogP contribution in [0.4, 0.5) is 8.78 Å². The van der Waals surface area contributed by atoms with Crippen molar-refractivity contribution in [3.8, 4) is 11.1 Å². The number of rotatable bonds is 2. The number of H-pyrrole nitrogens is 2. The lowest BCUT2D eigenvalue weighted by Gasteiger charge is -2.05. The molecule has 0 atom stereocenters. The Labute approximate surface area is 132 Å². The van der Waals surface area contributed by atoms with Gasteiger partial charge in [0.05, 0.1) is 17.2 Å². The highest BCUT2D eigenvalue weighted by Gasteiger charge is 2.15. The maximum absolute atomic E-state index is 13.1. The molecular weight excluding hydrogens is 304 g/mol. The molecule has 0 saturated carbocycles. The van der Waals surface area contributed by atoms with Crippen molar-refractivity contribution >= 4 is 22.1 Å². The van der Waals surface area contributed by atoms with Crippen LogP contribution in [0.25, 0.3) is 33.2 Å². The van der Waals surface area contributed by atoms with E-state index in [1.165, 1.54) is 0 Å². The van der Waals surface area contributed by atoms with Gasteiger partial charge in [-0.15, -0.1) is 0 Å². The van der Waals surface area contributed by atoms with E-state index >= 15 is 0 Å². The Hall–Kier alpha value is -3.03. The minimum Gasteiger partial charge on any atom is -0.304 e. The van der Waals surface area contributed by atoms with Crippen molar-refractivity contribution in [3.63, 3.8) is 0 Å². The van der Waals surface area contributed by atoms with Crippen LogP contribution in [0.2, 0.25) is 0 Å². The molecule has 0 aliphatic heterocycles. The van der Waals surface area contributed by atoms with E-state index in [1.54, 1.807) is 24.3 Å². The topological polar surface area (TPSA) is 79.4 Å². The van der Waals surface area contributed by atoms with Crippen LogP contribution in [0.1, 0.15) is 16.4 Å². The Bertz CT molecular complexity index is 1190.